The van der Waals surface area contributed by atoms with Crippen molar-refractivity contribution < 1.29 is 33.7 Å². The van der Waals surface area contributed by atoms with Crippen LogP contribution in [0.2, 0.25) is 0 Å². The maximum absolute atomic E-state index is 11.8. The van der Waals surface area contributed by atoms with Gasteiger partial charge in [-0.15, -0.1) is 0 Å². The van der Waals surface area contributed by atoms with Gasteiger partial charge in [0.2, 0.25) is 12.3 Å². The fourth-order valence-electron chi connectivity index (χ4n) is 2.86. The zero-order valence-electron chi connectivity index (χ0n) is 18.9. The summed E-state index contributed by atoms with van der Waals surface area (Å²) in [5.74, 6) is -0.802. The molecular formula is C22H42N2O7. The number of ether oxygens (including phenoxy) is 3. The van der Waals surface area contributed by atoms with Crippen molar-refractivity contribution >= 4 is 18.3 Å². The quantitative estimate of drug-likeness (QED) is 0.145. The van der Waals surface area contributed by atoms with E-state index in [1.807, 2.05) is 0 Å². The molecule has 0 saturated carbocycles. The van der Waals surface area contributed by atoms with Crippen molar-refractivity contribution in [2.75, 3.05) is 52.7 Å². The van der Waals surface area contributed by atoms with Gasteiger partial charge in [-0.1, -0.05) is 44.9 Å². The summed E-state index contributed by atoms with van der Waals surface area (Å²) in [6.45, 7) is 3.58. The second-order valence-corrected chi connectivity index (χ2v) is 7.33. The molecule has 2 amide bonds. The van der Waals surface area contributed by atoms with Gasteiger partial charge in [0.15, 0.2) is 0 Å². The lowest BCUT2D eigenvalue weighted by atomic mass is 10.1. The average Bonchev–Trinajstić information content (AvgIpc) is 2.75. The van der Waals surface area contributed by atoms with E-state index >= 15 is 0 Å². The summed E-state index contributed by atoms with van der Waals surface area (Å²) < 4.78 is 15.8. The van der Waals surface area contributed by atoms with Crippen LogP contribution in [0.15, 0.2) is 0 Å². The van der Waals surface area contributed by atoms with Crippen molar-refractivity contribution in [2.45, 2.75) is 70.6 Å². The standard InChI is InChI=1S/C22H42N2O7/c25-20-23-12-9-7-5-3-1-2-4-6-8-10-21(26)24-13-15-30-17-19-31-18-16-29-14-11-22(27)28/h20H,1-19H2,(H,23,25)(H,24,26)(H,27,28). The summed E-state index contributed by atoms with van der Waals surface area (Å²) in [5.41, 5.74) is 0. The first-order valence-electron chi connectivity index (χ1n) is 11.6. The number of carbonyl (C=O) groups excluding carboxylic acids is 2. The van der Waals surface area contributed by atoms with Crippen LogP contribution >= 0.6 is 0 Å². The largest absolute Gasteiger partial charge is 0.481 e. The predicted molar refractivity (Wildman–Crippen MR) is 118 cm³/mol. The Morgan fingerprint density at radius 2 is 1.16 bits per heavy atom. The average molecular weight is 447 g/mol. The zero-order valence-corrected chi connectivity index (χ0v) is 18.9. The van der Waals surface area contributed by atoms with Crippen LogP contribution in [-0.4, -0.2) is 76.1 Å². The number of hydrogen-bond acceptors (Lipinski definition) is 6. The van der Waals surface area contributed by atoms with Gasteiger partial charge in [-0.2, -0.15) is 0 Å². The normalized spacial score (nSPS) is 10.7. The minimum Gasteiger partial charge on any atom is -0.481 e. The monoisotopic (exact) mass is 446 g/mol. The van der Waals surface area contributed by atoms with E-state index in [1.54, 1.807) is 0 Å². The third-order valence-corrected chi connectivity index (χ3v) is 4.58. The number of hydrogen-bond donors (Lipinski definition) is 3. The van der Waals surface area contributed by atoms with Crippen molar-refractivity contribution in [3.05, 3.63) is 0 Å². The molecule has 31 heavy (non-hydrogen) atoms. The highest BCUT2D eigenvalue weighted by Gasteiger charge is 2.01. The third-order valence-electron chi connectivity index (χ3n) is 4.58. The smallest absolute Gasteiger partial charge is 0.305 e. The van der Waals surface area contributed by atoms with Crippen molar-refractivity contribution in [3.63, 3.8) is 0 Å². The highest BCUT2D eigenvalue weighted by atomic mass is 16.5. The van der Waals surface area contributed by atoms with Crippen molar-refractivity contribution in [2.24, 2.45) is 0 Å². The maximum Gasteiger partial charge on any atom is 0.305 e. The van der Waals surface area contributed by atoms with Crippen molar-refractivity contribution in [3.8, 4) is 0 Å². The molecule has 0 heterocycles. The molecule has 3 N–H and O–H groups in total. The molecule has 0 aromatic carbocycles. The van der Waals surface area contributed by atoms with Crippen LogP contribution in [0.5, 0.6) is 0 Å². The third kappa shape index (κ3) is 26.3. The first-order chi connectivity index (χ1) is 15.2. The van der Waals surface area contributed by atoms with Crippen molar-refractivity contribution in [1.82, 2.24) is 10.6 Å². The van der Waals surface area contributed by atoms with E-state index in [9.17, 15) is 14.4 Å². The van der Waals surface area contributed by atoms with E-state index in [2.05, 4.69) is 10.6 Å². The molecule has 0 spiro atoms. The van der Waals surface area contributed by atoms with Crippen LogP contribution in [0.4, 0.5) is 0 Å². The maximum atomic E-state index is 11.8. The van der Waals surface area contributed by atoms with Crippen LogP contribution in [0, 0.1) is 0 Å². The SMILES string of the molecule is O=CNCCCCCCCCCCCC(=O)NCCOCCOCCOCCC(=O)O. The molecule has 0 saturated heterocycles. The zero-order chi connectivity index (χ0) is 22.8. The molecular weight excluding hydrogens is 404 g/mol. The fourth-order valence-corrected chi connectivity index (χ4v) is 2.86. The Hall–Kier alpha value is -1.71. The molecule has 0 aliphatic carbocycles. The lowest BCUT2D eigenvalue weighted by molar-refractivity contribution is -0.138. The van der Waals surface area contributed by atoms with Gasteiger partial charge in [0.25, 0.3) is 0 Å². The number of amides is 2. The topological polar surface area (TPSA) is 123 Å². The number of rotatable bonds is 25. The van der Waals surface area contributed by atoms with Gasteiger partial charge in [-0.25, -0.2) is 0 Å². The molecule has 0 fully saturated rings. The minimum absolute atomic E-state index is 0.00112. The van der Waals surface area contributed by atoms with Crippen LogP contribution in [0.25, 0.3) is 0 Å². The van der Waals surface area contributed by atoms with Gasteiger partial charge >= 0.3 is 5.97 Å². The van der Waals surface area contributed by atoms with E-state index in [0.717, 1.165) is 32.2 Å². The van der Waals surface area contributed by atoms with E-state index < -0.39 is 5.97 Å². The Bertz CT molecular complexity index is 436. The van der Waals surface area contributed by atoms with Gasteiger partial charge in [-0.05, 0) is 12.8 Å². The Balaban J connectivity index is 3.17. The summed E-state index contributed by atoms with van der Waals surface area (Å²) in [6.07, 6.45) is 11.7. The molecule has 182 valence electrons. The van der Waals surface area contributed by atoms with Gasteiger partial charge in [-0.3, -0.25) is 14.4 Å². The molecule has 9 heteroatoms. The molecule has 0 atom stereocenters. The molecule has 0 aromatic heterocycles. The molecule has 9 nitrogen and oxygen atoms in total. The first-order valence-corrected chi connectivity index (χ1v) is 11.6. The number of nitrogens with one attached hydrogen (secondary N) is 2. The molecule has 0 unspecified atom stereocenters. The Labute approximate surface area is 186 Å². The summed E-state index contributed by atoms with van der Waals surface area (Å²) in [6, 6.07) is 0. The van der Waals surface area contributed by atoms with E-state index in [0.29, 0.717) is 46.0 Å². The Morgan fingerprint density at radius 1 is 0.645 bits per heavy atom. The van der Waals surface area contributed by atoms with E-state index in [1.165, 1.54) is 38.5 Å². The highest BCUT2D eigenvalue weighted by molar-refractivity contribution is 5.75. The van der Waals surface area contributed by atoms with Crippen LogP contribution in [-0.2, 0) is 28.6 Å². The summed E-state index contributed by atoms with van der Waals surface area (Å²) in [7, 11) is 0. The first kappa shape index (κ1) is 29.3. The number of carboxylic acid groups (broad SMARTS) is 1. The summed E-state index contributed by atoms with van der Waals surface area (Å²) in [5, 5.41) is 14.0. The Morgan fingerprint density at radius 3 is 1.74 bits per heavy atom. The molecule has 0 bridgehead atoms. The molecule has 0 aromatic rings. The second kappa shape index (κ2) is 24.6. The lowest BCUT2D eigenvalue weighted by Crippen LogP contribution is -2.27. The molecule has 0 aliphatic rings. The molecule has 0 rings (SSSR count). The summed E-state index contributed by atoms with van der Waals surface area (Å²) in [4.78, 5) is 32.1. The fraction of sp³-hybridized carbons (Fsp3) is 0.864. The van der Waals surface area contributed by atoms with E-state index in [4.69, 9.17) is 19.3 Å². The highest BCUT2D eigenvalue weighted by Crippen LogP contribution is 2.10. The Kier molecular flexibility index (Phi) is 23.2. The second-order valence-electron chi connectivity index (χ2n) is 7.33. The van der Waals surface area contributed by atoms with Gasteiger partial charge < -0.3 is 30.0 Å². The van der Waals surface area contributed by atoms with Gasteiger partial charge in [0, 0.05) is 19.5 Å². The van der Waals surface area contributed by atoms with Crippen LogP contribution in [0.3, 0.4) is 0 Å². The van der Waals surface area contributed by atoms with Crippen molar-refractivity contribution in [1.29, 1.82) is 0 Å². The van der Waals surface area contributed by atoms with E-state index in [-0.39, 0.29) is 18.9 Å². The number of unbranched alkanes of at least 4 members (excludes halogenated alkanes) is 8. The summed E-state index contributed by atoms with van der Waals surface area (Å²) >= 11 is 0. The minimum atomic E-state index is -0.874. The number of carbonyl (C=O) groups is 3. The van der Waals surface area contributed by atoms with Crippen LogP contribution < -0.4 is 10.6 Å². The number of carboxylic acids is 1. The van der Waals surface area contributed by atoms with Gasteiger partial charge in [0.05, 0.1) is 46.1 Å². The molecule has 0 aliphatic heterocycles. The number of aliphatic carboxylic acids is 1. The van der Waals surface area contributed by atoms with Gasteiger partial charge in [0.1, 0.15) is 0 Å². The molecule has 0 radical (unpaired) electrons. The lowest BCUT2D eigenvalue weighted by Gasteiger charge is -2.08. The predicted octanol–water partition coefficient (Wildman–Crippen LogP) is 2.27. The van der Waals surface area contributed by atoms with Crippen LogP contribution in [0.1, 0.15) is 70.6 Å².